The van der Waals surface area contributed by atoms with Crippen molar-refractivity contribution < 1.29 is 19.2 Å². The van der Waals surface area contributed by atoms with E-state index in [0.717, 1.165) is 5.69 Å². The summed E-state index contributed by atoms with van der Waals surface area (Å²) in [5.41, 5.74) is 1.49. The first kappa shape index (κ1) is 15.3. The Hall–Kier alpha value is -3.22. The molecular formula is C18H15N3O4. The maximum atomic E-state index is 12.4. The second-order valence-corrected chi connectivity index (χ2v) is 6.00. The van der Waals surface area contributed by atoms with Crippen molar-refractivity contribution in [3.05, 3.63) is 59.9 Å². The van der Waals surface area contributed by atoms with E-state index in [1.54, 1.807) is 36.7 Å². The Kier molecular flexibility index (Phi) is 3.68. The third kappa shape index (κ3) is 2.63. The van der Waals surface area contributed by atoms with Gasteiger partial charge < -0.3 is 9.74 Å². The zero-order valence-electron chi connectivity index (χ0n) is 13.3. The predicted molar refractivity (Wildman–Crippen MR) is 87.6 cm³/mol. The van der Waals surface area contributed by atoms with Gasteiger partial charge in [-0.15, -0.1) is 0 Å². The minimum absolute atomic E-state index is 0.255. The number of hydroxylamine groups is 2. The van der Waals surface area contributed by atoms with E-state index in [0.29, 0.717) is 24.6 Å². The van der Waals surface area contributed by atoms with Crippen molar-refractivity contribution in [3.8, 4) is 0 Å². The lowest BCUT2D eigenvalue weighted by Gasteiger charge is -2.19. The number of hydrogen-bond acceptors (Lipinski definition) is 6. The van der Waals surface area contributed by atoms with Crippen LogP contribution in [0.15, 0.2) is 48.8 Å². The van der Waals surface area contributed by atoms with Gasteiger partial charge in [-0.2, -0.15) is 0 Å². The number of fused-ring (bicyclic) bond motifs is 1. The first-order valence-electron chi connectivity index (χ1n) is 8.00. The van der Waals surface area contributed by atoms with Crippen molar-refractivity contribution in [3.63, 3.8) is 0 Å². The summed E-state index contributed by atoms with van der Waals surface area (Å²) >= 11 is 0. The number of hydrogen-bond donors (Lipinski definition) is 0. The van der Waals surface area contributed by atoms with Crippen LogP contribution in [0.3, 0.4) is 0 Å². The predicted octanol–water partition coefficient (Wildman–Crippen LogP) is 1.66. The molecule has 1 fully saturated rings. The highest BCUT2D eigenvalue weighted by molar-refractivity contribution is 6.20. The van der Waals surface area contributed by atoms with Crippen LogP contribution in [0, 0.1) is 5.92 Å². The first-order chi connectivity index (χ1) is 12.1. The number of benzene rings is 1. The van der Waals surface area contributed by atoms with E-state index in [2.05, 4.69) is 9.88 Å². The Morgan fingerprint density at radius 1 is 1.04 bits per heavy atom. The summed E-state index contributed by atoms with van der Waals surface area (Å²) in [5, 5.41) is 0.572. The van der Waals surface area contributed by atoms with Crippen LogP contribution in [-0.4, -0.2) is 40.9 Å². The molecule has 3 heterocycles. The Bertz CT molecular complexity index is 817. The Morgan fingerprint density at radius 2 is 1.68 bits per heavy atom. The summed E-state index contributed by atoms with van der Waals surface area (Å²) in [6.07, 6.45) is 3.99. The summed E-state index contributed by atoms with van der Waals surface area (Å²) in [5.74, 6) is -2.15. The van der Waals surface area contributed by atoms with E-state index in [1.165, 1.54) is 0 Å². The number of rotatable bonds is 3. The van der Waals surface area contributed by atoms with E-state index in [9.17, 15) is 14.4 Å². The molecule has 0 saturated carbocycles. The van der Waals surface area contributed by atoms with Gasteiger partial charge in [-0.3, -0.25) is 14.6 Å². The highest BCUT2D eigenvalue weighted by atomic mass is 16.7. The van der Waals surface area contributed by atoms with Gasteiger partial charge in [0.1, 0.15) is 0 Å². The highest BCUT2D eigenvalue weighted by Crippen LogP contribution is 2.27. The number of pyridine rings is 1. The minimum atomic E-state index is -0.599. The normalized spacial score (nSPS) is 19.3. The van der Waals surface area contributed by atoms with Gasteiger partial charge in [-0.1, -0.05) is 17.2 Å². The van der Waals surface area contributed by atoms with Crippen molar-refractivity contribution in [2.75, 3.05) is 18.0 Å². The molecule has 0 N–H and O–H groups in total. The third-order valence-corrected chi connectivity index (χ3v) is 4.49. The van der Waals surface area contributed by atoms with Gasteiger partial charge in [0.25, 0.3) is 11.8 Å². The van der Waals surface area contributed by atoms with Gasteiger partial charge in [-0.05, 0) is 30.7 Å². The average molecular weight is 337 g/mol. The Labute approximate surface area is 143 Å². The van der Waals surface area contributed by atoms with Crippen LogP contribution >= 0.6 is 0 Å². The molecule has 7 nitrogen and oxygen atoms in total. The number of nitrogens with zero attached hydrogens (tertiary/aromatic N) is 3. The summed E-state index contributed by atoms with van der Waals surface area (Å²) < 4.78 is 0. The topological polar surface area (TPSA) is 79.8 Å². The summed E-state index contributed by atoms with van der Waals surface area (Å²) in [6, 6.07) is 10.2. The van der Waals surface area contributed by atoms with Crippen molar-refractivity contribution in [1.29, 1.82) is 0 Å². The standard InChI is InChI=1S/C18H15N3O4/c22-16-14-3-1-2-4-15(14)17(23)21(16)25-18(24)12-7-10-20(11-12)13-5-8-19-9-6-13/h1-6,8-9,12H,7,10-11H2. The lowest BCUT2D eigenvalue weighted by Crippen LogP contribution is -2.36. The van der Waals surface area contributed by atoms with Crippen LogP contribution in [0.4, 0.5) is 5.69 Å². The lowest BCUT2D eigenvalue weighted by molar-refractivity contribution is -0.172. The van der Waals surface area contributed by atoms with Crippen molar-refractivity contribution in [2.45, 2.75) is 6.42 Å². The van der Waals surface area contributed by atoms with Crippen LogP contribution in [0.2, 0.25) is 0 Å². The molecule has 0 radical (unpaired) electrons. The maximum absolute atomic E-state index is 12.4. The fourth-order valence-corrected chi connectivity index (χ4v) is 3.16. The number of carbonyl (C=O) groups excluding carboxylic acids is 3. The Balaban J connectivity index is 1.44. The molecule has 126 valence electrons. The van der Waals surface area contributed by atoms with Gasteiger partial charge in [-0.25, -0.2) is 4.79 Å². The zero-order valence-corrected chi connectivity index (χ0v) is 13.3. The third-order valence-electron chi connectivity index (χ3n) is 4.49. The van der Waals surface area contributed by atoms with Gasteiger partial charge >= 0.3 is 5.97 Å². The lowest BCUT2D eigenvalue weighted by atomic mass is 10.1. The fraction of sp³-hybridized carbons (Fsp3) is 0.222. The smallest absolute Gasteiger partial charge is 0.338 e. The Morgan fingerprint density at radius 3 is 2.32 bits per heavy atom. The monoisotopic (exact) mass is 337 g/mol. The van der Waals surface area contributed by atoms with Gasteiger partial charge in [0.05, 0.1) is 17.0 Å². The van der Waals surface area contributed by atoms with E-state index >= 15 is 0 Å². The number of anilines is 1. The molecule has 1 atom stereocenters. The first-order valence-corrected chi connectivity index (χ1v) is 8.00. The second-order valence-electron chi connectivity index (χ2n) is 6.00. The van der Waals surface area contributed by atoms with Crippen LogP contribution in [0.25, 0.3) is 0 Å². The molecular weight excluding hydrogens is 322 g/mol. The molecule has 25 heavy (non-hydrogen) atoms. The quantitative estimate of drug-likeness (QED) is 0.793. The van der Waals surface area contributed by atoms with Crippen LogP contribution < -0.4 is 4.90 Å². The van der Waals surface area contributed by atoms with E-state index in [4.69, 9.17) is 4.84 Å². The van der Waals surface area contributed by atoms with Gasteiger partial charge in [0.15, 0.2) is 0 Å². The maximum Gasteiger partial charge on any atom is 0.338 e. The molecule has 2 aliphatic heterocycles. The fourth-order valence-electron chi connectivity index (χ4n) is 3.16. The van der Waals surface area contributed by atoms with Crippen molar-refractivity contribution in [2.24, 2.45) is 5.92 Å². The average Bonchev–Trinajstić information content (AvgIpc) is 3.23. The molecule has 1 saturated heterocycles. The molecule has 2 amide bonds. The van der Waals surface area contributed by atoms with Crippen LogP contribution in [0.1, 0.15) is 27.1 Å². The molecule has 4 rings (SSSR count). The number of imide groups is 1. The highest BCUT2D eigenvalue weighted by Gasteiger charge is 2.40. The number of carbonyl (C=O) groups is 3. The minimum Gasteiger partial charge on any atom is -0.371 e. The summed E-state index contributed by atoms with van der Waals surface area (Å²) in [7, 11) is 0. The molecule has 0 spiro atoms. The summed E-state index contributed by atoms with van der Waals surface area (Å²) in [6.45, 7) is 1.18. The van der Waals surface area contributed by atoms with E-state index < -0.39 is 23.7 Å². The zero-order chi connectivity index (χ0) is 17.4. The molecule has 1 unspecified atom stereocenters. The number of aromatic nitrogens is 1. The largest absolute Gasteiger partial charge is 0.371 e. The van der Waals surface area contributed by atoms with Gasteiger partial charge in [0.2, 0.25) is 0 Å². The van der Waals surface area contributed by atoms with Crippen molar-refractivity contribution >= 4 is 23.5 Å². The molecule has 2 aliphatic rings. The molecule has 2 aromatic rings. The SMILES string of the molecule is O=C(ON1C(=O)c2ccccc2C1=O)C1CCN(c2ccncc2)C1. The molecule has 0 aliphatic carbocycles. The van der Waals surface area contributed by atoms with Gasteiger partial charge in [0, 0.05) is 31.2 Å². The molecule has 1 aromatic carbocycles. The van der Waals surface area contributed by atoms with Crippen molar-refractivity contribution in [1.82, 2.24) is 10.0 Å². The molecule has 7 heteroatoms. The molecule has 1 aromatic heterocycles. The summed E-state index contributed by atoms with van der Waals surface area (Å²) in [4.78, 5) is 48.1. The number of amides is 2. The van der Waals surface area contributed by atoms with E-state index in [-0.39, 0.29) is 11.1 Å². The van der Waals surface area contributed by atoms with E-state index in [1.807, 2.05) is 12.1 Å². The van der Waals surface area contributed by atoms with Crippen LogP contribution in [-0.2, 0) is 9.63 Å². The van der Waals surface area contributed by atoms with Crippen LogP contribution in [0.5, 0.6) is 0 Å². The second kappa shape index (κ2) is 6.01. The molecule has 0 bridgehead atoms.